The molecule has 6 heteroatoms. The van der Waals surface area contributed by atoms with E-state index in [1.54, 1.807) is 11.8 Å². The van der Waals surface area contributed by atoms with Gasteiger partial charge in [-0.05, 0) is 12.0 Å². The van der Waals surface area contributed by atoms with E-state index in [1.807, 2.05) is 17.5 Å². The molecule has 0 bridgehead atoms. The van der Waals surface area contributed by atoms with Crippen molar-refractivity contribution in [1.82, 2.24) is 4.98 Å². The van der Waals surface area contributed by atoms with Crippen LogP contribution in [0.3, 0.4) is 0 Å². The van der Waals surface area contributed by atoms with Crippen molar-refractivity contribution in [3.05, 3.63) is 35.2 Å². The minimum atomic E-state index is -0.875. The van der Waals surface area contributed by atoms with E-state index >= 15 is 0 Å². The summed E-state index contributed by atoms with van der Waals surface area (Å²) < 4.78 is 0. The summed E-state index contributed by atoms with van der Waals surface area (Å²) in [5.74, 6) is -1.43. The van der Waals surface area contributed by atoms with Crippen LogP contribution >= 0.6 is 11.3 Å². The molecule has 0 fully saturated rings. The number of carboxylic acid groups (broad SMARTS) is 1. The van der Waals surface area contributed by atoms with E-state index in [0.717, 1.165) is 17.7 Å². The van der Waals surface area contributed by atoms with Gasteiger partial charge in [-0.1, -0.05) is 38.1 Å². The fourth-order valence-electron chi connectivity index (χ4n) is 2.16. The topological polar surface area (TPSA) is 77.2 Å². The lowest BCUT2D eigenvalue weighted by Gasteiger charge is -2.20. The second-order valence-electron chi connectivity index (χ2n) is 5.34. The molecule has 0 aliphatic rings. The molecular formula is C17H19N3O2S. The zero-order valence-corrected chi connectivity index (χ0v) is 14.0. The van der Waals surface area contributed by atoms with Crippen LogP contribution in [0, 0.1) is 17.2 Å². The molecule has 0 aliphatic carbocycles. The average molecular weight is 329 g/mol. The summed E-state index contributed by atoms with van der Waals surface area (Å²) in [6, 6.07) is 10.3. The van der Waals surface area contributed by atoms with E-state index in [0.29, 0.717) is 5.13 Å². The number of hydrogen-bond acceptors (Lipinski definition) is 5. The van der Waals surface area contributed by atoms with Crippen LogP contribution in [0.25, 0.3) is 11.3 Å². The predicted molar refractivity (Wildman–Crippen MR) is 91.6 cm³/mol. The number of thiazole rings is 1. The molecule has 0 aliphatic heterocycles. The minimum Gasteiger partial charge on any atom is -0.481 e. The van der Waals surface area contributed by atoms with Crippen molar-refractivity contribution in [3.63, 3.8) is 0 Å². The van der Waals surface area contributed by atoms with Gasteiger partial charge in [0.25, 0.3) is 0 Å². The molecule has 5 nitrogen and oxygen atoms in total. The Bertz CT molecular complexity index is 703. The maximum absolute atomic E-state index is 11.0. The maximum Gasteiger partial charge on any atom is 0.308 e. The monoisotopic (exact) mass is 329 g/mol. The summed E-state index contributed by atoms with van der Waals surface area (Å²) in [5, 5.41) is 20.6. The van der Waals surface area contributed by atoms with Gasteiger partial charge in [-0.3, -0.25) is 4.79 Å². The zero-order chi connectivity index (χ0) is 16.8. The normalized spacial score (nSPS) is 11.7. The van der Waals surface area contributed by atoms with E-state index in [-0.39, 0.29) is 13.1 Å². The van der Waals surface area contributed by atoms with E-state index in [4.69, 9.17) is 10.4 Å². The molecule has 1 aromatic carbocycles. The van der Waals surface area contributed by atoms with E-state index in [1.165, 1.54) is 16.9 Å². The van der Waals surface area contributed by atoms with Crippen LogP contribution in [-0.2, 0) is 11.2 Å². The van der Waals surface area contributed by atoms with Gasteiger partial charge < -0.3 is 10.0 Å². The van der Waals surface area contributed by atoms with Crippen LogP contribution < -0.4 is 4.90 Å². The highest BCUT2D eigenvalue weighted by molar-refractivity contribution is 7.14. The molecule has 0 saturated carbocycles. The van der Waals surface area contributed by atoms with E-state index in [9.17, 15) is 4.79 Å². The second kappa shape index (κ2) is 7.75. The first-order valence-electron chi connectivity index (χ1n) is 7.44. The van der Waals surface area contributed by atoms with Gasteiger partial charge in [0.1, 0.15) is 6.54 Å². The van der Waals surface area contributed by atoms with Crippen LogP contribution in [0.1, 0.15) is 19.4 Å². The van der Waals surface area contributed by atoms with Gasteiger partial charge in [0.05, 0.1) is 17.7 Å². The Morgan fingerprint density at radius 3 is 2.70 bits per heavy atom. The molecule has 2 rings (SSSR count). The third kappa shape index (κ3) is 4.30. The molecule has 2 aromatic rings. The molecule has 0 amide bonds. The van der Waals surface area contributed by atoms with Gasteiger partial charge in [0.15, 0.2) is 5.13 Å². The number of anilines is 1. The van der Waals surface area contributed by atoms with Crippen molar-refractivity contribution in [2.45, 2.75) is 20.3 Å². The first-order valence-corrected chi connectivity index (χ1v) is 8.32. The number of rotatable bonds is 7. The number of hydrogen-bond donors (Lipinski definition) is 1. The smallest absolute Gasteiger partial charge is 0.308 e. The Morgan fingerprint density at radius 2 is 2.13 bits per heavy atom. The molecule has 1 aromatic heterocycles. The number of carboxylic acids is 1. The van der Waals surface area contributed by atoms with Crippen molar-refractivity contribution in [2.24, 2.45) is 5.92 Å². The Morgan fingerprint density at radius 1 is 1.43 bits per heavy atom. The molecule has 1 N–H and O–H groups in total. The fourth-order valence-corrected chi connectivity index (χ4v) is 3.00. The first kappa shape index (κ1) is 17.0. The quantitative estimate of drug-likeness (QED) is 0.788. The molecule has 1 unspecified atom stereocenters. The summed E-state index contributed by atoms with van der Waals surface area (Å²) in [6.07, 6.45) is 0.992. The first-order chi connectivity index (χ1) is 11.0. The van der Waals surface area contributed by atoms with Gasteiger partial charge in [-0.25, -0.2) is 4.98 Å². The van der Waals surface area contributed by atoms with E-state index < -0.39 is 11.9 Å². The number of aliphatic carboxylic acids is 1. The Balaban J connectivity index is 2.20. The summed E-state index contributed by atoms with van der Waals surface area (Å²) in [5.41, 5.74) is 3.14. The summed E-state index contributed by atoms with van der Waals surface area (Å²) in [7, 11) is 0. The van der Waals surface area contributed by atoms with Crippen molar-refractivity contribution in [3.8, 4) is 17.3 Å². The molecule has 120 valence electrons. The molecule has 1 atom stereocenters. The van der Waals surface area contributed by atoms with Gasteiger partial charge in [-0.15, -0.1) is 11.3 Å². The van der Waals surface area contributed by atoms with Crippen LogP contribution in [0.4, 0.5) is 5.13 Å². The van der Waals surface area contributed by atoms with Gasteiger partial charge >= 0.3 is 5.97 Å². The highest BCUT2D eigenvalue weighted by atomic mass is 32.1. The standard InChI is InChI=1S/C17H19N3O2S/c1-3-13-4-6-14(7-5-13)15-11-23-17(19-15)20(9-8-18)10-12(2)16(21)22/h4-7,11-12H,3,9-10H2,1-2H3,(H,21,22). The predicted octanol–water partition coefficient (Wildman–Crippen LogP) is 3.42. The number of aryl methyl sites for hydroxylation is 1. The Kier molecular flexibility index (Phi) is 5.72. The van der Waals surface area contributed by atoms with Gasteiger partial charge in [-0.2, -0.15) is 5.26 Å². The molecule has 0 saturated heterocycles. The second-order valence-corrected chi connectivity index (χ2v) is 6.18. The van der Waals surface area contributed by atoms with Crippen molar-refractivity contribution >= 4 is 22.4 Å². The summed E-state index contributed by atoms with van der Waals surface area (Å²) in [4.78, 5) is 17.3. The van der Waals surface area contributed by atoms with Crippen LogP contribution in [0.2, 0.25) is 0 Å². The number of carbonyl (C=O) groups is 1. The Hall–Kier alpha value is -2.39. The number of benzene rings is 1. The average Bonchev–Trinajstić information content (AvgIpc) is 3.04. The lowest BCUT2D eigenvalue weighted by atomic mass is 10.1. The van der Waals surface area contributed by atoms with Gasteiger partial charge in [0.2, 0.25) is 0 Å². The summed E-state index contributed by atoms with van der Waals surface area (Å²) in [6.45, 7) is 4.13. The van der Waals surface area contributed by atoms with Crippen LogP contribution in [-0.4, -0.2) is 29.1 Å². The highest BCUT2D eigenvalue weighted by Gasteiger charge is 2.19. The molecular weight excluding hydrogens is 310 g/mol. The third-order valence-electron chi connectivity index (χ3n) is 3.60. The van der Waals surface area contributed by atoms with Crippen LogP contribution in [0.5, 0.6) is 0 Å². The lowest BCUT2D eigenvalue weighted by molar-refractivity contribution is -0.140. The highest BCUT2D eigenvalue weighted by Crippen LogP contribution is 2.28. The van der Waals surface area contributed by atoms with Crippen molar-refractivity contribution < 1.29 is 9.90 Å². The van der Waals surface area contributed by atoms with E-state index in [2.05, 4.69) is 30.1 Å². The molecule has 23 heavy (non-hydrogen) atoms. The van der Waals surface area contributed by atoms with Crippen LogP contribution in [0.15, 0.2) is 29.6 Å². The van der Waals surface area contributed by atoms with Crippen molar-refractivity contribution in [2.75, 3.05) is 18.0 Å². The van der Waals surface area contributed by atoms with Gasteiger partial charge in [0, 0.05) is 17.5 Å². The minimum absolute atomic E-state index is 0.124. The number of nitriles is 1. The third-order valence-corrected chi connectivity index (χ3v) is 4.50. The van der Waals surface area contributed by atoms with Crippen molar-refractivity contribution in [1.29, 1.82) is 5.26 Å². The summed E-state index contributed by atoms with van der Waals surface area (Å²) >= 11 is 1.43. The largest absolute Gasteiger partial charge is 0.481 e. The Labute approximate surface area is 139 Å². The molecule has 0 spiro atoms. The molecule has 1 heterocycles. The lowest BCUT2D eigenvalue weighted by Crippen LogP contribution is -2.32. The SMILES string of the molecule is CCc1ccc(-c2csc(N(CC#N)CC(C)C(=O)O)n2)cc1. The molecule has 0 radical (unpaired) electrons. The number of nitrogens with zero attached hydrogens (tertiary/aromatic N) is 3. The fraction of sp³-hybridized carbons (Fsp3) is 0.353. The number of aromatic nitrogens is 1. The maximum atomic E-state index is 11.0. The zero-order valence-electron chi connectivity index (χ0n) is 13.2.